The molecule has 0 atom stereocenters. The van der Waals surface area contributed by atoms with Gasteiger partial charge in [0.25, 0.3) is 0 Å². The van der Waals surface area contributed by atoms with Gasteiger partial charge in [0.1, 0.15) is 11.5 Å². The van der Waals surface area contributed by atoms with Gasteiger partial charge in [-0.05, 0) is 61.9 Å². The summed E-state index contributed by atoms with van der Waals surface area (Å²) in [5.41, 5.74) is 1.21. The van der Waals surface area contributed by atoms with Gasteiger partial charge in [-0.1, -0.05) is 18.2 Å². The number of aromatic nitrogens is 2. The van der Waals surface area contributed by atoms with Crippen molar-refractivity contribution in [3.05, 3.63) is 89.5 Å². The van der Waals surface area contributed by atoms with Crippen molar-refractivity contribution in [3.63, 3.8) is 0 Å². The second kappa shape index (κ2) is 8.18. The zero-order valence-electron chi connectivity index (χ0n) is 17.4. The third-order valence-electron chi connectivity index (χ3n) is 5.07. The minimum atomic E-state index is -4.53. The zero-order valence-corrected chi connectivity index (χ0v) is 17.4. The molecule has 32 heavy (non-hydrogen) atoms. The number of carbonyl (C=O) groups is 1. The summed E-state index contributed by atoms with van der Waals surface area (Å²) < 4.78 is 62.6. The number of hydrogen-bond donors (Lipinski definition) is 0. The first-order valence-electron chi connectivity index (χ1n) is 9.98. The summed E-state index contributed by atoms with van der Waals surface area (Å²) in [5.74, 6) is -1.02. The molecule has 8 heteroatoms. The number of esters is 1. The second-order valence-corrected chi connectivity index (χ2v) is 7.66. The van der Waals surface area contributed by atoms with Crippen molar-refractivity contribution in [1.82, 2.24) is 9.13 Å². The Morgan fingerprint density at radius 2 is 1.69 bits per heavy atom. The van der Waals surface area contributed by atoms with E-state index in [1.54, 1.807) is 48.9 Å². The van der Waals surface area contributed by atoms with Crippen molar-refractivity contribution in [1.29, 1.82) is 0 Å². The highest BCUT2D eigenvalue weighted by Gasteiger charge is 2.33. The Morgan fingerprint density at radius 1 is 1.00 bits per heavy atom. The number of ether oxygens (including phenoxy) is 1. The molecular formula is C24H20F4N2O2. The van der Waals surface area contributed by atoms with Crippen LogP contribution in [0, 0.1) is 5.82 Å². The van der Waals surface area contributed by atoms with Gasteiger partial charge >= 0.3 is 12.1 Å². The molecule has 0 aliphatic rings. The van der Waals surface area contributed by atoms with E-state index in [1.807, 2.05) is 0 Å². The largest absolute Gasteiger partial charge is 0.458 e. The van der Waals surface area contributed by atoms with E-state index >= 15 is 0 Å². The third-order valence-corrected chi connectivity index (χ3v) is 5.07. The minimum absolute atomic E-state index is 0.0330. The number of rotatable bonds is 5. The molecular weight excluding hydrogens is 424 g/mol. The van der Waals surface area contributed by atoms with Gasteiger partial charge in [0, 0.05) is 18.4 Å². The standard InChI is InChI=1S/C24H20F4N2O2/c1-15(2)32-23(31)22-13-21-20(11-12-29(21)18-9-7-17(25)8-10-18)30(22)14-16-5-3-4-6-19(16)24(26,27)28/h3-13,15H,14H2,1-2H3. The summed E-state index contributed by atoms with van der Waals surface area (Å²) in [6.07, 6.45) is -3.20. The molecule has 0 unspecified atom stereocenters. The summed E-state index contributed by atoms with van der Waals surface area (Å²) in [6.45, 7) is 3.22. The monoisotopic (exact) mass is 444 g/mol. The highest BCUT2D eigenvalue weighted by molar-refractivity contribution is 5.95. The fraction of sp³-hybridized carbons (Fsp3) is 0.208. The Hall–Kier alpha value is -3.55. The van der Waals surface area contributed by atoms with Crippen LogP contribution in [0.25, 0.3) is 16.7 Å². The number of nitrogens with zero attached hydrogens (tertiary/aromatic N) is 2. The summed E-state index contributed by atoms with van der Waals surface area (Å²) in [7, 11) is 0. The maximum absolute atomic E-state index is 13.5. The van der Waals surface area contributed by atoms with Crippen LogP contribution in [0.1, 0.15) is 35.5 Å². The molecule has 0 bridgehead atoms. The highest BCUT2D eigenvalue weighted by atomic mass is 19.4. The summed E-state index contributed by atoms with van der Waals surface area (Å²) in [6, 6.07) is 14.3. The van der Waals surface area contributed by atoms with Gasteiger partial charge in [0.15, 0.2) is 0 Å². The van der Waals surface area contributed by atoms with E-state index in [-0.39, 0.29) is 23.6 Å². The van der Waals surface area contributed by atoms with Crippen LogP contribution >= 0.6 is 0 Å². The van der Waals surface area contributed by atoms with Crippen molar-refractivity contribution in [2.24, 2.45) is 0 Å². The fourth-order valence-electron chi connectivity index (χ4n) is 3.69. The normalized spacial score (nSPS) is 12.0. The summed E-state index contributed by atoms with van der Waals surface area (Å²) in [5, 5.41) is 0. The first-order chi connectivity index (χ1) is 15.1. The molecule has 0 aliphatic carbocycles. The molecule has 0 saturated heterocycles. The van der Waals surface area contributed by atoms with Gasteiger partial charge in [-0.25, -0.2) is 9.18 Å². The van der Waals surface area contributed by atoms with Crippen LogP contribution in [-0.4, -0.2) is 21.2 Å². The topological polar surface area (TPSA) is 36.2 Å². The van der Waals surface area contributed by atoms with Gasteiger partial charge in [-0.2, -0.15) is 13.2 Å². The number of alkyl halides is 3. The first-order valence-corrected chi connectivity index (χ1v) is 9.98. The molecule has 2 aromatic carbocycles. The van der Waals surface area contributed by atoms with Crippen molar-refractivity contribution >= 4 is 17.0 Å². The lowest BCUT2D eigenvalue weighted by Crippen LogP contribution is -2.18. The number of fused-ring (bicyclic) bond motifs is 1. The molecule has 0 fully saturated rings. The van der Waals surface area contributed by atoms with E-state index in [0.29, 0.717) is 16.7 Å². The molecule has 166 valence electrons. The van der Waals surface area contributed by atoms with Crippen molar-refractivity contribution in [2.45, 2.75) is 32.7 Å². The predicted molar refractivity (Wildman–Crippen MR) is 112 cm³/mol. The SMILES string of the molecule is CC(C)OC(=O)c1cc2c(ccn2-c2ccc(F)cc2)n1Cc1ccccc1C(F)(F)F. The van der Waals surface area contributed by atoms with Gasteiger partial charge in [-0.3, -0.25) is 0 Å². The molecule has 0 N–H and O–H groups in total. The van der Waals surface area contributed by atoms with Gasteiger partial charge in [-0.15, -0.1) is 0 Å². The van der Waals surface area contributed by atoms with Crippen LogP contribution < -0.4 is 0 Å². The Kier molecular flexibility index (Phi) is 5.54. The molecule has 0 amide bonds. The number of carbonyl (C=O) groups excluding carboxylic acids is 1. The van der Waals surface area contributed by atoms with Crippen LogP contribution in [-0.2, 0) is 17.5 Å². The van der Waals surface area contributed by atoms with Gasteiger partial charge in [0.05, 0.1) is 22.7 Å². The van der Waals surface area contributed by atoms with E-state index in [4.69, 9.17) is 4.74 Å². The molecule has 0 saturated carbocycles. The molecule has 4 rings (SSSR count). The summed E-state index contributed by atoms with van der Waals surface area (Å²) >= 11 is 0. The van der Waals surface area contributed by atoms with Crippen molar-refractivity contribution in [3.8, 4) is 5.69 Å². The van der Waals surface area contributed by atoms with Crippen LogP contribution in [0.5, 0.6) is 0 Å². The lowest BCUT2D eigenvalue weighted by Gasteiger charge is -2.16. The second-order valence-electron chi connectivity index (χ2n) is 7.66. The predicted octanol–water partition coefficient (Wildman–Crippen LogP) is 6.20. The van der Waals surface area contributed by atoms with Crippen molar-refractivity contribution in [2.75, 3.05) is 0 Å². The van der Waals surface area contributed by atoms with E-state index in [0.717, 1.165) is 6.07 Å². The average Bonchev–Trinajstić information content (AvgIpc) is 3.28. The van der Waals surface area contributed by atoms with E-state index in [9.17, 15) is 22.4 Å². The molecule has 2 heterocycles. The van der Waals surface area contributed by atoms with Gasteiger partial charge < -0.3 is 13.9 Å². The maximum atomic E-state index is 13.5. The molecule has 0 radical (unpaired) electrons. The first kappa shape index (κ1) is 21.7. The third kappa shape index (κ3) is 4.12. The highest BCUT2D eigenvalue weighted by Crippen LogP contribution is 2.34. The van der Waals surface area contributed by atoms with Crippen LogP contribution in [0.15, 0.2) is 66.9 Å². The smallest absolute Gasteiger partial charge is 0.416 e. The van der Waals surface area contributed by atoms with E-state index in [2.05, 4.69) is 0 Å². The molecule has 2 aromatic heterocycles. The van der Waals surface area contributed by atoms with E-state index < -0.39 is 23.8 Å². The lowest BCUT2D eigenvalue weighted by atomic mass is 10.1. The van der Waals surface area contributed by atoms with Crippen LogP contribution in [0.4, 0.5) is 17.6 Å². The zero-order chi connectivity index (χ0) is 23.0. The maximum Gasteiger partial charge on any atom is 0.416 e. The number of benzene rings is 2. The average molecular weight is 444 g/mol. The molecule has 0 aliphatic heterocycles. The Bertz CT molecular complexity index is 1270. The van der Waals surface area contributed by atoms with Crippen molar-refractivity contribution < 1.29 is 27.1 Å². The molecule has 0 spiro atoms. The number of hydrogen-bond acceptors (Lipinski definition) is 2. The number of halogens is 4. The van der Waals surface area contributed by atoms with Crippen LogP contribution in [0.3, 0.4) is 0 Å². The Labute approximate surface area is 181 Å². The lowest BCUT2D eigenvalue weighted by molar-refractivity contribution is -0.138. The Balaban J connectivity index is 1.87. The fourth-order valence-corrected chi connectivity index (χ4v) is 3.69. The Morgan fingerprint density at radius 3 is 2.34 bits per heavy atom. The molecule has 4 aromatic rings. The van der Waals surface area contributed by atoms with Crippen LogP contribution in [0.2, 0.25) is 0 Å². The minimum Gasteiger partial charge on any atom is -0.458 e. The van der Waals surface area contributed by atoms with E-state index in [1.165, 1.54) is 34.9 Å². The van der Waals surface area contributed by atoms with Gasteiger partial charge in [0.2, 0.25) is 0 Å². The summed E-state index contributed by atoms with van der Waals surface area (Å²) in [4.78, 5) is 12.8. The quantitative estimate of drug-likeness (QED) is 0.271. The molecule has 4 nitrogen and oxygen atoms in total.